The molecule has 0 unspecified atom stereocenters. The molecule has 0 atom stereocenters. The number of aromatic nitrogens is 2. The highest BCUT2D eigenvalue weighted by Gasteiger charge is 2.24. The van der Waals surface area contributed by atoms with Crippen LogP contribution in [0.4, 0.5) is 0 Å². The predicted molar refractivity (Wildman–Crippen MR) is 79.6 cm³/mol. The smallest absolute Gasteiger partial charge is 0.241 e. The summed E-state index contributed by atoms with van der Waals surface area (Å²) in [4.78, 5) is 12.1. The van der Waals surface area contributed by atoms with Gasteiger partial charge in [-0.25, -0.2) is 8.42 Å². The van der Waals surface area contributed by atoms with Crippen LogP contribution in [0.3, 0.4) is 0 Å². The molecule has 0 saturated carbocycles. The third-order valence-electron chi connectivity index (χ3n) is 3.76. The minimum absolute atomic E-state index is 0.0529. The van der Waals surface area contributed by atoms with Crippen LogP contribution in [0.2, 0.25) is 0 Å². The predicted octanol–water partition coefficient (Wildman–Crippen LogP) is 0.730. The lowest BCUT2D eigenvalue weighted by Crippen LogP contribution is -2.42. The summed E-state index contributed by atoms with van der Waals surface area (Å²) in [5.41, 5.74) is 0.916. The van der Waals surface area contributed by atoms with Gasteiger partial charge in [0.15, 0.2) is 0 Å². The molecule has 1 aromatic heterocycles. The molecule has 112 valence electrons. The van der Waals surface area contributed by atoms with Crippen molar-refractivity contribution in [3.63, 3.8) is 0 Å². The van der Waals surface area contributed by atoms with E-state index in [4.69, 9.17) is 0 Å². The number of nitrogens with zero attached hydrogens (tertiary/aromatic N) is 2. The van der Waals surface area contributed by atoms with E-state index >= 15 is 0 Å². The monoisotopic (exact) mass is 307 g/mol. The fourth-order valence-electron chi connectivity index (χ4n) is 2.60. The van der Waals surface area contributed by atoms with Gasteiger partial charge in [-0.3, -0.25) is 9.48 Å². The molecule has 21 heavy (non-hydrogen) atoms. The zero-order valence-corrected chi connectivity index (χ0v) is 12.3. The molecule has 1 amide bonds. The van der Waals surface area contributed by atoms with Crippen LogP contribution in [0.1, 0.15) is 12.8 Å². The van der Waals surface area contributed by atoms with Crippen molar-refractivity contribution in [2.24, 2.45) is 0 Å². The maximum Gasteiger partial charge on any atom is 0.241 e. The van der Waals surface area contributed by atoms with E-state index in [1.54, 1.807) is 10.9 Å². The van der Waals surface area contributed by atoms with E-state index in [9.17, 15) is 13.2 Å². The molecule has 1 fully saturated rings. The number of rotatable bonds is 3. The first-order valence-corrected chi connectivity index (χ1v) is 8.76. The second-order valence-electron chi connectivity index (χ2n) is 5.35. The topological polar surface area (TPSA) is 81.1 Å². The van der Waals surface area contributed by atoms with Crippen LogP contribution in [0.25, 0.3) is 10.9 Å². The zero-order chi connectivity index (χ0) is 14.9. The van der Waals surface area contributed by atoms with E-state index in [1.807, 2.05) is 24.3 Å². The van der Waals surface area contributed by atoms with Crippen molar-refractivity contribution in [1.29, 1.82) is 0 Å². The second kappa shape index (κ2) is 5.48. The normalized spacial score (nSPS) is 18.7. The quantitative estimate of drug-likeness (QED) is 0.906. The molecule has 1 aliphatic rings. The van der Waals surface area contributed by atoms with Gasteiger partial charge in [0.05, 0.1) is 23.2 Å². The number of hydrogen-bond acceptors (Lipinski definition) is 4. The van der Waals surface area contributed by atoms with Gasteiger partial charge in [-0.05, 0) is 18.9 Å². The molecule has 0 aliphatic carbocycles. The van der Waals surface area contributed by atoms with E-state index in [0.29, 0.717) is 12.8 Å². The summed E-state index contributed by atoms with van der Waals surface area (Å²) < 4.78 is 24.4. The van der Waals surface area contributed by atoms with Gasteiger partial charge in [0.2, 0.25) is 5.91 Å². The number of amides is 1. The molecule has 1 N–H and O–H groups in total. The first-order valence-electron chi connectivity index (χ1n) is 6.94. The number of fused-ring (bicyclic) bond motifs is 1. The number of hydrogen-bond donors (Lipinski definition) is 1. The van der Waals surface area contributed by atoms with E-state index < -0.39 is 9.84 Å². The third kappa shape index (κ3) is 3.24. The molecule has 1 aliphatic heterocycles. The summed E-state index contributed by atoms with van der Waals surface area (Å²) in [6.45, 7) is 0.150. The number of carbonyl (C=O) groups is 1. The Labute approximate surface area is 123 Å². The Balaban J connectivity index is 1.62. The van der Waals surface area contributed by atoms with Crippen molar-refractivity contribution in [2.45, 2.75) is 25.4 Å². The van der Waals surface area contributed by atoms with E-state index in [0.717, 1.165) is 10.9 Å². The molecular formula is C14H17N3O3S. The fourth-order valence-corrected chi connectivity index (χ4v) is 4.09. The van der Waals surface area contributed by atoms with Crippen molar-refractivity contribution in [3.05, 3.63) is 30.5 Å². The summed E-state index contributed by atoms with van der Waals surface area (Å²) in [7, 11) is -2.90. The van der Waals surface area contributed by atoms with Crippen LogP contribution in [0.15, 0.2) is 30.5 Å². The molecule has 0 radical (unpaired) electrons. The van der Waals surface area contributed by atoms with Crippen LogP contribution in [-0.2, 0) is 21.2 Å². The average molecular weight is 307 g/mol. The second-order valence-corrected chi connectivity index (χ2v) is 7.66. The largest absolute Gasteiger partial charge is 0.352 e. The molecule has 1 aromatic carbocycles. The lowest BCUT2D eigenvalue weighted by Gasteiger charge is -2.23. The first kappa shape index (κ1) is 14.1. The number of carbonyl (C=O) groups excluding carboxylic acids is 1. The molecular weight excluding hydrogens is 290 g/mol. The SMILES string of the molecule is O=C(Cn1ncc2ccccc21)NC1CCS(=O)(=O)CC1. The highest BCUT2D eigenvalue weighted by Crippen LogP contribution is 2.14. The maximum atomic E-state index is 12.1. The summed E-state index contributed by atoms with van der Waals surface area (Å²) in [6.07, 6.45) is 2.72. The summed E-state index contributed by atoms with van der Waals surface area (Å²) >= 11 is 0. The van der Waals surface area contributed by atoms with Gasteiger partial charge >= 0.3 is 0 Å². The number of sulfone groups is 1. The van der Waals surface area contributed by atoms with Gasteiger partial charge in [-0.2, -0.15) is 5.10 Å². The Kier molecular flexibility index (Phi) is 3.67. The molecule has 2 aromatic rings. The summed E-state index contributed by atoms with van der Waals surface area (Å²) in [6, 6.07) is 7.65. The Morgan fingerprint density at radius 1 is 1.29 bits per heavy atom. The standard InChI is InChI=1S/C14H17N3O3S/c18-14(16-12-5-7-21(19,20)8-6-12)10-17-13-4-2-1-3-11(13)9-15-17/h1-4,9,12H,5-8,10H2,(H,16,18). The summed E-state index contributed by atoms with van der Waals surface area (Å²) in [5, 5.41) is 8.10. The lowest BCUT2D eigenvalue weighted by atomic mass is 10.1. The third-order valence-corrected chi connectivity index (χ3v) is 5.48. The van der Waals surface area contributed by atoms with Crippen LogP contribution >= 0.6 is 0 Å². The number of nitrogens with one attached hydrogen (secondary N) is 1. The van der Waals surface area contributed by atoms with E-state index in [1.165, 1.54) is 0 Å². The van der Waals surface area contributed by atoms with Crippen molar-refractivity contribution in [3.8, 4) is 0 Å². The van der Waals surface area contributed by atoms with Crippen molar-refractivity contribution >= 4 is 26.6 Å². The first-order chi connectivity index (χ1) is 10.0. The van der Waals surface area contributed by atoms with Gasteiger partial charge in [0.25, 0.3) is 0 Å². The Hall–Kier alpha value is -1.89. The van der Waals surface area contributed by atoms with Crippen LogP contribution < -0.4 is 5.32 Å². The minimum Gasteiger partial charge on any atom is -0.352 e. The minimum atomic E-state index is -2.90. The van der Waals surface area contributed by atoms with Crippen LogP contribution in [0, 0.1) is 0 Å². The van der Waals surface area contributed by atoms with Gasteiger partial charge < -0.3 is 5.32 Å². The van der Waals surface area contributed by atoms with Crippen molar-refractivity contribution in [1.82, 2.24) is 15.1 Å². The van der Waals surface area contributed by atoms with E-state index in [-0.39, 0.29) is 30.0 Å². The van der Waals surface area contributed by atoms with Gasteiger partial charge in [-0.15, -0.1) is 0 Å². The molecule has 7 heteroatoms. The number of para-hydroxylation sites is 1. The van der Waals surface area contributed by atoms with Gasteiger partial charge in [-0.1, -0.05) is 18.2 Å². The van der Waals surface area contributed by atoms with Gasteiger partial charge in [0.1, 0.15) is 16.4 Å². The Bertz CT molecular complexity index is 753. The summed E-state index contributed by atoms with van der Waals surface area (Å²) in [5.74, 6) is 0.179. The molecule has 3 rings (SSSR count). The van der Waals surface area contributed by atoms with Crippen LogP contribution in [-0.4, -0.2) is 41.7 Å². The number of benzene rings is 1. The highest BCUT2D eigenvalue weighted by atomic mass is 32.2. The molecule has 0 bridgehead atoms. The molecule has 0 spiro atoms. The molecule has 6 nitrogen and oxygen atoms in total. The highest BCUT2D eigenvalue weighted by molar-refractivity contribution is 7.91. The van der Waals surface area contributed by atoms with Crippen molar-refractivity contribution in [2.75, 3.05) is 11.5 Å². The van der Waals surface area contributed by atoms with Crippen molar-refractivity contribution < 1.29 is 13.2 Å². The molecule has 2 heterocycles. The van der Waals surface area contributed by atoms with Crippen LogP contribution in [0.5, 0.6) is 0 Å². The molecule has 1 saturated heterocycles. The lowest BCUT2D eigenvalue weighted by molar-refractivity contribution is -0.122. The maximum absolute atomic E-state index is 12.1. The average Bonchev–Trinajstić information content (AvgIpc) is 2.85. The fraction of sp³-hybridized carbons (Fsp3) is 0.429. The Morgan fingerprint density at radius 2 is 2.00 bits per heavy atom. The Morgan fingerprint density at radius 3 is 2.76 bits per heavy atom. The van der Waals surface area contributed by atoms with E-state index in [2.05, 4.69) is 10.4 Å². The van der Waals surface area contributed by atoms with Gasteiger partial charge in [0, 0.05) is 11.4 Å². The zero-order valence-electron chi connectivity index (χ0n) is 11.5.